The highest BCUT2D eigenvalue weighted by Gasteiger charge is 2.09. The van der Waals surface area contributed by atoms with Crippen molar-refractivity contribution in [1.82, 2.24) is 5.10 Å². The first kappa shape index (κ1) is 18.1. The van der Waals surface area contributed by atoms with Crippen LogP contribution in [0.5, 0.6) is 0 Å². The van der Waals surface area contributed by atoms with E-state index in [-0.39, 0.29) is 4.90 Å². The first-order chi connectivity index (χ1) is 10.0. The minimum Gasteiger partial charge on any atom is -0.744 e. The van der Waals surface area contributed by atoms with E-state index in [4.69, 9.17) is 5.84 Å². The normalized spacial score (nSPS) is 10.8. The molecule has 0 radical (unpaired) electrons. The van der Waals surface area contributed by atoms with Crippen LogP contribution in [0.1, 0.15) is 27.9 Å². The first-order valence-electron chi connectivity index (χ1n) is 6.67. The summed E-state index contributed by atoms with van der Waals surface area (Å²) in [6.07, 6.45) is 1.72. The van der Waals surface area contributed by atoms with Crippen molar-refractivity contribution in [2.45, 2.75) is 39.5 Å². The van der Waals surface area contributed by atoms with Gasteiger partial charge in [-0.1, -0.05) is 17.7 Å². The molecule has 0 aliphatic heterocycles. The van der Waals surface area contributed by atoms with Crippen molar-refractivity contribution in [2.24, 2.45) is 0 Å². The van der Waals surface area contributed by atoms with Crippen LogP contribution in [0.4, 0.5) is 0 Å². The topological polar surface area (TPSA) is 100.0 Å². The standard InChI is InChI=1S/C9H12O3S.C6H10N3/c1-6-4-7(2)9(8(3)5-6)13(10,11)12;1-5-3-4-9(7)8-6(5)2/h4-5H,1-3H3,(H,10,11,12);3-4H,1-2H3,(H2,7,8)/q;+1/p-1. The minimum absolute atomic E-state index is 0.0851. The van der Waals surface area contributed by atoms with E-state index in [2.05, 4.69) is 5.10 Å². The molecule has 0 aliphatic rings. The number of nitrogens with two attached hydrogens (primary N) is 1. The molecule has 0 fully saturated rings. The second-order valence-corrected chi connectivity index (χ2v) is 6.56. The Hall–Kier alpha value is -1.99. The summed E-state index contributed by atoms with van der Waals surface area (Å²) in [6.45, 7) is 9.05. The van der Waals surface area contributed by atoms with Crippen LogP contribution in [0.15, 0.2) is 29.3 Å². The summed E-state index contributed by atoms with van der Waals surface area (Å²) in [5, 5.41) is 3.97. The van der Waals surface area contributed by atoms with E-state index in [0.717, 1.165) is 16.8 Å². The van der Waals surface area contributed by atoms with Crippen LogP contribution in [0.2, 0.25) is 0 Å². The number of rotatable bonds is 1. The zero-order valence-corrected chi connectivity index (χ0v) is 14.2. The van der Waals surface area contributed by atoms with Gasteiger partial charge in [-0.15, -0.1) is 0 Å². The lowest BCUT2D eigenvalue weighted by Crippen LogP contribution is -2.48. The fourth-order valence-corrected chi connectivity index (χ4v) is 3.06. The number of benzene rings is 1. The van der Waals surface area contributed by atoms with Gasteiger partial charge in [0.2, 0.25) is 6.20 Å². The van der Waals surface area contributed by atoms with E-state index in [1.165, 1.54) is 4.79 Å². The van der Waals surface area contributed by atoms with Gasteiger partial charge in [-0.25, -0.2) is 8.42 Å². The molecule has 0 spiro atoms. The van der Waals surface area contributed by atoms with E-state index >= 15 is 0 Å². The number of nitrogens with zero attached hydrogens (tertiary/aromatic N) is 2. The molecule has 0 atom stereocenters. The zero-order valence-electron chi connectivity index (χ0n) is 13.4. The second-order valence-electron chi connectivity index (χ2n) is 5.25. The predicted octanol–water partition coefficient (Wildman–Crippen LogP) is 1.22. The summed E-state index contributed by atoms with van der Waals surface area (Å²) < 4.78 is 32.5. The third-order valence-corrected chi connectivity index (χ3v) is 4.31. The Labute approximate surface area is 131 Å². The summed E-state index contributed by atoms with van der Waals surface area (Å²) >= 11 is 0. The van der Waals surface area contributed by atoms with Gasteiger partial charge in [0.25, 0.3) is 0 Å². The lowest BCUT2D eigenvalue weighted by Gasteiger charge is -2.14. The third kappa shape index (κ3) is 4.78. The number of nitrogen functional groups attached to an aromatic ring is 1. The quantitative estimate of drug-likeness (QED) is 0.483. The predicted molar refractivity (Wildman–Crippen MR) is 82.7 cm³/mol. The minimum atomic E-state index is -4.33. The van der Waals surface area contributed by atoms with Gasteiger partial charge in [0.15, 0.2) is 0 Å². The molecule has 0 bridgehead atoms. The van der Waals surface area contributed by atoms with Crippen LogP contribution in [-0.2, 0) is 10.1 Å². The van der Waals surface area contributed by atoms with Gasteiger partial charge in [0.1, 0.15) is 15.8 Å². The Morgan fingerprint density at radius 2 is 1.55 bits per heavy atom. The molecule has 2 aromatic rings. The van der Waals surface area contributed by atoms with Crippen molar-refractivity contribution in [3.05, 3.63) is 52.3 Å². The summed E-state index contributed by atoms with van der Waals surface area (Å²) in [7, 11) is -4.33. The van der Waals surface area contributed by atoms with E-state index < -0.39 is 10.1 Å². The molecule has 7 heteroatoms. The Kier molecular flexibility index (Phi) is 5.62. The Morgan fingerprint density at radius 3 is 1.91 bits per heavy atom. The molecule has 1 heterocycles. The average Bonchev–Trinajstić information content (AvgIpc) is 2.31. The van der Waals surface area contributed by atoms with Gasteiger partial charge in [0, 0.05) is 16.0 Å². The van der Waals surface area contributed by atoms with Gasteiger partial charge < -0.3 is 4.55 Å². The zero-order chi connectivity index (χ0) is 17.1. The Balaban J connectivity index is 0.000000235. The highest BCUT2D eigenvalue weighted by atomic mass is 32.2. The number of hydrogen-bond donors (Lipinski definition) is 1. The summed E-state index contributed by atoms with van der Waals surface area (Å²) in [5.41, 5.74) is 4.14. The van der Waals surface area contributed by atoms with Crippen molar-refractivity contribution < 1.29 is 17.8 Å². The number of aryl methyl sites for hydroxylation is 5. The number of hydrogen-bond acceptors (Lipinski definition) is 5. The third-order valence-electron chi connectivity index (χ3n) is 3.17. The molecule has 1 aromatic carbocycles. The van der Waals surface area contributed by atoms with E-state index in [1.54, 1.807) is 32.2 Å². The van der Waals surface area contributed by atoms with Gasteiger partial charge in [0.05, 0.1) is 4.90 Å². The highest BCUT2D eigenvalue weighted by molar-refractivity contribution is 7.85. The molecule has 0 saturated heterocycles. The Morgan fingerprint density at radius 1 is 1.05 bits per heavy atom. The molecule has 0 aliphatic carbocycles. The van der Waals surface area contributed by atoms with Crippen molar-refractivity contribution in [1.29, 1.82) is 0 Å². The molecule has 0 saturated carbocycles. The van der Waals surface area contributed by atoms with E-state index in [1.807, 2.05) is 26.8 Å². The van der Waals surface area contributed by atoms with Gasteiger partial charge in [-0.3, -0.25) is 0 Å². The monoisotopic (exact) mass is 323 g/mol. The molecule has 0 unspecified atom stereocenters. The summed E-state index contributed by atoms with van der Waals surface area (Å²) in [6, 6.07) is 5.32. The van der Waals surface area contributed by atoms with E-state index in [0.29, 0.717) is 11.1 Å². The largest absolute Gasteiger partial charge is 0.744 e. The summed E-state index contributed by atoms with van der Waals surface area (Å²) in [4.78, 5) is 1.22. The fraction of sp³-hybridized carbons (Fsp3) is 0.333. The maximum absolute atomic E-state index is 10.8. The fourth-order valence-electron chi connectivity index (χ4n) is 2.16. The average molecular weight is 323 g/mol. The molecule has 6 nitrogen and oxygen atoms in total. The molecule has 22 heavy (non-hydrogen) atoms. The molecule has 2 rings (SSSR count). The SMILES string of the molecule is Cc1cc(C)c(S(=O)(=O)[O-])c(C)c1.Cc1cc[n+](N)nc1C. The van der Waals surface area contributed by atoms with Crippen molar-refractivity contribution in [3.63, 3.8) is 0 Å². The second kappa shape index (κ2) is 6.85. The summed E-state index contributed by atoms with van der Waals surface area (Å²) in [5.74, 6) is 5.33. The lowest BCUT2D eigenvalue weighted by molar-refractivity contribution is -0.701. The molecular weight excluding hydrogens is 302 g/mol. The van der Waals surface area contributed by atoms with Gasteiger partial charge >= 0.3 is 0 Å². The number of aromatic nitrogens is 2. The molecule has 1 aromatic heterocycles. The molecular formula is C15H21N3O3S. The van der Waals surface area contributed by atoms with E-state index in [9.17, 15) is 13.0 Å². The van der Waals surface area contributed by atoms with Crippen LogP contribution < -0.4 is 10.6 Å². The molecule has 120 valence electrons. The van der Waals surface area contributed by atoms with Crippen molar-refractivity contribution in [2.75, 3.05) is 5.84 Å². The van der Waals surface area contributed by atoms with Crippen molar-refractivity contribution >= 4 is 10.1 Å². The maximum Gasteiger partial charge on any atom is 0.230 e. The smallest absolute Gasteiger partial charge is 0.230 e. The van der Waals surface area contributed by atoms with Gasteiger partial charge in [-0.05, 0) is 51.3 Å². The Bertz CT molecular complexity index is 764. The van der Waals surface area contributed by atoms with Crippen LogP contribution in [-0.4, -0.2) is 18.1 Å². The molecule has 2 N–H and O–H groups in total. The van der Waals surface area contributed by atoms with Gasteiger partial charge in [-0.2, -0.15) is 5.84 Å². The van der Waals surface area contributed by atoms with Crippen molar-refractivity contribution in [3.8, 4) is 0 Å². The van der Waals surface area contributed by atoms with Crippen LogP contribution >= 0.6 is 0 Å². The van der Waals surface area contributed by atoms with Crippen LogP contribution in [0.25, 0.3) is 0 Å². The molecule has 0 amide bonds. The van der Waals surface area contributed by atoms with Crippen LogP contribution in [0.3, 0.4) is 0 Å². The first-order valence-corrected chi connectivity index (χ1v) is 8.08. The lowest BCUT2D eigenvalue weighted by atomic mass is 10.1. The maximum atomic E-state index is 10.8. The van der Waals surface area contributed by atoms with Crippen LogP contribution in [0, 0.1) is 34.6 Å². The highest BCUT2D eigenvalue weighted by Crippen LogP contribution is 2.20.